The lowest BCUT2D eigenvalue weighted by molar-refractivity contribution is 0.118. The molecule has 0 saturated carbocycles. The molecule has 0 aromatic heterocycles. The minimum absolute atomic E-state index is 0. The quantitative estimate of drug-likeness (QED) is 0.0603. The highest BCUT2D eigenvalue weighted by Gasteiger charge is 2.23. The Morgan fingerprint density at radius 3 is 1.14 bits per heavy atom. The predicted molar refractivity (Wildman–Crippen MR) is 179 cm³/mol. The molecule has 0 aromatic rings. The fraction of sp³-hybridized carbons (Fsp3) is 0.703. The van der Waals surface area contributed by atoms with Crippen molar-refractivity contribution in [3.63, 3.8) is 0 Å². The fourth-order valence-electron chi connectivity index (χ4n) is 4.87. The number of rotatable bonds is 25. The van der Waals surface area contributed by atoms with Crippen molar-refractivity contribution in [2.24, 2.45) is 0 Å². The van der Waals surface area contributed by atoms with Gasteiger partial charge in [-0.1, -0.05) is 102 Å². The van der Waals surface area contributed by atoms with E-state index in [9.17, 15) is 4.79 Å². The van der Waals surface area contributed by atoms with Gasteiger partial charge in [0.05, 0.1) is 0 Å². The fourth-order valence-corrected chi connectivity index (χ4v) is 4.87. The van der Waals surface area contributed by atoms with E-state index >= 15 is 0 Å². The lowest BCUT2D eigenvalue weighted by Crippen LogP contribution is -2.07. The SMILES string of the molecule is C.C.C=C1OCC(C/C=C/CCCCCC/C=C/CCCCCC/C=C/CCCCCC/C=C/CC2COC(=O)O2)O1. The van der Waals surface area contributed by atoms with Crippen molar-refractivity contribution >= 4 is 6.16 Å². The summed E-state index contributed by atoms with van der Waals surface area (Å²) in [6.45, 7) is 4.70. The van der Waals surface area contributed by atoms with Crippen molar-refractivity contribution in [1.82, 2.24) is 0 Å². The van der Waals surface area contributed by atoms with Crippen molar-refractivity contribution in [2.75, 3.05) is 13.2 Å². The minimum Gasteiger partial charge on any atom is -0.462 e. The first-order chi connectivity index (χ1) is 19.7. The van der Waals surface area contributed by atoms with Gasteiger partial charge in [0, 0.05) is 12.8 Å². The van der Waals surface area contributed by atoms with Gasteiger partial charge < -0.3 is 18.9 Å². The summed E-state index contributed by atoms with van der Waals surface area (Å²) in [5.74, 6) is 0.464. The standard InChI is InChI=1S/C35H56O5.2CH4/c1-32-37-30-33(39-32)28-26-24-22-20-18-16-14-12-10-8-6-4-2-3-5-7-9-11-13-15-17-19-21-23-25-27-29-34-31-38-35(36)40-34;;/h8-11,24-27,33-34H,1-7,12-23,28-31H2;2*1H4/b10-8+,11-9+,26-24+,27-25+;;. The number of carbonyl (C=O) groups excluding carboxylic acids is 1. The highest BCUT2D eigenvalue weighted by molar-refractivity contribution is 5.61. The van der Waals surface area contributed by atoms with E-state index in [1.54, 1.807) is 0 Å². The van der Waals surface area contributed by atoms with Crippen LogP contribution in [0.4, 0.5) is 4.79 Å². The van der Waals surface area contributed by atoms with E-state index < -0.39 is 6.16 Å². The molecule has 2 atom stereocenters. The number of ether oxygens (including phenoxy) is 4. The highest BCUT2D eigenvalue weighted by atomic mass is 16.8. The van der Waals surface area contributed by atoms with E-state index in [4.69, 9.17) is 18.9 Å². The molecular weight excluding hydrogens is 524 g/mol. The summed E-state index contributed by atoms with van der Waals surface area (Å²) in [6.07, 6.45) is 42.5. The van der Waals surface area contributed by atoms with Gasteiger partial charge in [-0.05, 0) is 83.6 Å². The van der Waals surface area contributed by atoms with Crippen LogP contribution in [0.25, 0.3) is 0 Å². The van der Waals surface area contributed by atoms with E-state index in [2.05, 4.69) is 55.2 Å². The summed E-state index contributed by atoms with van der Waals surface area (Å²) in [6, 6.07) is 0. The maximum absolute atomic E-state index is 10.8. The maximum Gasteiger partial charge on any atom is 0.508 e. The van der Waals surface area contributed by atoms with E-state index in [-0.39, 0.29) is 27.1 Å². The predicted octanol–water partition coefficient (Wildman–Crippen LogP) is 11.7. The van der Waals surface area contributed by atoms with Crippen LogP contribution in [-0.4, -0.2) is 31.6 Å². The van der Waals surface area contributed by atoms with Gasteiger partial charge in [-0.3, -0.25) is 0 Å². The van der Waals surface area contributed by atoms with Crippen LogP contribution in [-0.2, 0) is 18.9 Å². The van der Waals surface area contributed by atoms with Gasteiger partial charge in [-0.15, -0.1) is 0 Å². The Bertz CT molecular complexity index is 702. The first-order valence-corrected chi connectivity index (χ1v) is 16.2. The number of cyclic esters (lactones) is 2. The van der Waals surface area contributed by atoms with Crippen LogP contribution in [0.5, 0.6) is 0 Å². The molecule has 0 amide bonds. The molecule has 0 aromatic carbocycles. The average Bonchev–Trinajstić information content (AvgIpc) is 3.57. The van der Waals surface area contributed by atoms with Crippen molar-refractivity contribution in [2.45, 2.75) is 155 Å². The first kappa shape index (κ1) is 39.6. The second kappa shape index (κ2) is 28.7. The van der Waals surface area contributed by atoms with Gasteiger partial charge in [-0.2, -0.15) is 0 Å². The molecule has 5 nitrogen and oxygen atoms in total. The van der Waals surface area contributed by atoms with Gasteiger partial charge in [0.25, 0.3) is 5.95 Å². The number of allylic oxidation sites excluding steroid dienone is 6. The second-order valence-electron chi connectivity index (χ2n) is 11.1. The molecule has 42 heavy (non-hydrogen) atoms. The molecule has 242 valence electrons. The third-order valence-electron chi connectivity index (χ3n) is 7.32. The number of hydrogen-bond acceptors (Lipinski definition) is 5. The topological polar surface area (TPSA) is 54.0 Å². The molecule has 0 spiro atoms. The Morgan fingerprint density at radius 2 is 0.833 bits per heavy atom. The molecule has 2 unspecified atom stereocenters. The summed E-state index contributed by atoms with van der Waals surface area (Å²) in [7, 11) is 0. The van der Waals surface area contributed by atoms with Crippen LogP contribution in [0.2, 0.25) is 0 Å². The zero-order valence-corrected chi connectivity index (χ0v) is 25.1. The summed E-state index contributed by atoms with van der Waals surface area (Å²) in [5.41, 5.74) is 0. The number of hydrogen-bond donors (Lipinski definition) is 0. The van der Waals surface area contributed by atoms with Gasteiger partial charge in [0.2, 0.25) is 0 Å². The smallest absolute Gasteiger partial charge is 0.462 e. The van der Waals surface area contributed by atoms with E-state index in [0.717, 1.165) is 19.3 Å². The van der Waals surface area contributed by atoms with Crippen molar-refractivity contribution in [1.29, 1.82) is 0 Å². The minimum atomic E-state index is -0.532. The molecule has 0 radical (unpaired) electrons. The molecule has 2 heterocycles. The van der Waals surface area contributed by atoms with Gasteiger partial charge in [0.1, 0.15) is 25.4 Å². The van der Waals surface area contributed by atoms with E-state index in [0.29, 0.717) is 19.2 Å². The van der Waals surface area contributed by atoms with Crippen LogP contribution in [0.1, 0.15) is 143 Å². The van der Waals surface area contributed by atoms with E-state index in [1.165, 1.54) is 109 Å². The monoisotopic (exact) mass is 588 g/mol. The summed E-state index contributed by atoms with van der Waals surface area (Å²) in [5, 5.41) is 0. The molecule has 0 N–H and O–H groups in total. The van der Waals surface area contributed by atoms with Gasteiger partial charge in [-0.25, -0.2) is 4.79 Å². The lowest BCUT2D eigenvalue weighted by Gasteiger charge is -2.02. The second-order valence-corrected chi connectivity index (χ2v) is 11.1. The van der Waals surface area contributed by atoms with Crippen LogP contribution in [0, 0.1) is 0 Å². The largest absolute Gasteiger partial charge is 0.508 e. The van der Waals surface area contributed by atoms with E-state index in [1.807, 2.05) is 0 Å². The first-order valence-electron chi connectivity index (χ1n) is 16.2. The van der Waals surface area contributed by atoms with Gasteiger partial charge >= 0.3 is 6.16 Å². The van der Waals surface area contributed by atoms with Gasteiger partial charge in [0.15, 0.2) is 0 Å². The molecule has 2 aliphatic rings. The Balaban J connectivity index is 0.00000840. The van der Waals surface area contributed by atoms with Crippen molar-refractivity contribution in [3.05, 3.63) is 61.1 Å². The van der Waals surface area contributed by atoms with Crippen molar-refractivity contribution in [3.8, 4) is 0 Å². The summed E-state index contributed by atoms with van der Waals surface area (Å²) in [4.78, 5) is 10.8. The maximum atomic E-state index is 10.8. The van der Waals surface area contributed by atoms with Crippen LogP contribution < -0.4 is 0 Å². The molecule has 2 aliphatic heterocycles. The molecular formula is C37H64O5. The summed E-state index contributed by atoms with van der Waals surface area (Å²) < 4.78 is 20.4. The third-order valence-corrected chi connectivity index (χ3v) is 7.32. The summed E-state index contributed by atoms with van der Waals surface area (Å²) >= 11 is 0. The molecule has 0 bridgehead atoms. The number of carbonyl (C=O) groups is 1. The van der Waals surface area contributed by atoms with Crippen LogP contribution in [0.3, 0.4) is 0 Å². The molecule has 5 heteroatoms. The zero-order valence-electron chi connectivity index (χ0n) is 25.1. The molecule has 2 saturated heterocycles. The molecule has 0 aliphatic carbocycles. The third kappa shape index (κ3) is 23.2. The van der Waals surface area contributed by atoms with Crippen LogP contribution in [0.15, 0.2) is 61.1 Å². The zero-order chi connectivity index (χ0) is 28.4. The highest BCUT2D eigenvalue weighted by Crippen LogP contribution is 2.16. The average molecular weight is 589 g/mol. The Kier molecular flexibility index (Phi) is 27.0. The Labute approximate surface area is 259 Å². The Hall–Kier alpha value is -2.43. The number of unbranched alkanes of at least 4 members (excludes halogenated alkanes) is 15. The lowest BCUT2D eigenvalue weighted by atomic mass is 10.1. The normalized spacial score (nSPS) is 18.4. The molecule has 2 fully saturated rings. The van der Waals surface area contributed by atoms with Crippen LogP contribution >= 0.6 is 0 Å². The Morgan fingerprint density at radius 1 is 0.500 bits per heavy atom. The van der Waals surface area contributed by atoms with Crippen molar-refractivity contribution < 1.29 is 23.7 Å². The molecule has 2 rings (SSSR count).